The number of aliphatic hydroxyl groups excluding tert-OH is 1. The van der Waals surface area contributed by atoms with E-state index < -0.39 is 0 Å². The Labute approximate surface area is 71.7 Å². The van der Waals surface area contributed by atoms with E-state index >= 15 is 0 Å². The van der Waals surface area contributed by atoms with Crippen LogP contribution in [0.5, 0.6) is 0 Å². The molecule has 0 aromatic carbocycles. The third-order valence-electron chi connectivity index (χ3n) is 3.43. The van der Waals surface area contributed by atoms with Gasteiger partial charge in [-0.25, -0.2) is 0 Å². The van der Waals surface area contributed by atoms with Gasteiger partial charge in [0, 0.05) is 12.5 Å². The quantitative estimate of drug-likeness (QED) is 0.568. The molecule has 68 valence electrons. The molecular weight excluding hydrogens is 156 g/mol. The predicted octanol–water partition coefficient (Wildman–Crippen LogP) is 0.314. The van der Waals surface area contributed by atoms with E-state index in [1.54, 1.807) is 0 Å². The summed E-state index contributed by atoms with van der Waals surface area (Å²) in [6.45, 7) is 0.842. The summed E-state index contributed by atoms with van der Waals surface area (Å²) in [5.41, 5.74) is 0. The van der Waals surface area contributed by atoms with Crippen LogP contribution in [0, 0.1) is 5.92 Å². The number of aliphatic hydroxyl groups is 1. The van der Waals surface area contributed by atoms with Crippen molar-refractivity contribution in [3.63, 3.8) is 0 Å². The van der Waals surface area contributed by atoms with E-state index in [0.717, 1.165) is 25.9 Å². The summed E-state index contributed by atoms with van der Waals surface area (Å²) in [6.07, 6.45) is 3.42. The van der Waals surface area contributed by atoms with E-state index in [1.807, 2.05) is 0 Å². The molecule has 1 aliphatic carbocycles. The number of rotatable bonds is 0. The van der Waals surface area contributed by atoms with Crippen LogP contribution in [0.4, 0.5) is 0 Å². The Bertz CT molecular complexity index is 192. The lowest BCUT2D eigenvalue weighted by atomic mass is 9.98. The van der Waals surface area contributed by atoms with Gasteiger partial charge in [0.25, 0.3) is 0 Å². The summed E-state index contributed by atoms with van der Waals surface area (Å²) >= 11 is 0. The van der Waals surface area contributed by atoms with E-state index in [9.17, 15) is 5.11 Å². The van der Waals surface area contributed by atoms with Gasteiger partial charge in [0.1, 0.15) is 0 Å². The Kier molecular flexibility index (Phi) is 1.48. The smallest absolute Gasteiger partial charge is 0.0892 e. The monoisotopic (exact) mass is 170 g/mol. The fraction of sp³-hybridized carbons (Fsp3) is 1.00. The van der Waals surface area contributed by atoms with Crippen molar-refractivity contribution in [2.45, 2.75) is 43.7 Å². The van der Waals surface area contributed by atoms with Crippen molar-refractivity contribution in [3.05, 3.63) is 0 Å². The topological polar surface area (TPSA) is 38.7 Å². The van der Waals surface area contributed by atoms with Crippen LogP contribution in [-0.2, 0) is 9.47 Å². The first-order valence-electron chi connectivity index (χ1n) is 4.81. The second kappa shape index (κ2) is 2.44. The number of hydrogen-bond donors (Lipinski definition) is 1. The minimum Gasteiger partial charge on any atom is -0.390 e. The molecule has 2 heterocycles. The van der Waals surface area contributed by atoms with Crippen molar-refractivity contribution in [1.82, 2.24) is 0 Å². The van der Waals surface area contributed by atoms with Gasteiger partial charge in [-0.15, -0.1) is 0 Å². The zero-order chi connectivity index (χ0) is 8.13. The maximum absolute atomic E-state index is 9.57. The van der Waals surface area contributed by atoms with E-state index in [0.29, 0.717) is 12.0 Å². The summed E-state index contributed by atoms with van der Waals surface area (Å²) in [5.74, 6) is 0.479. The molecule has 0 aromatic heterocycles. The van der Waals surface area contributed by atoms with Crippen LogP contribution >= 0.6 is 0 Å². The van der Waals surface area contributed by atoms with Gasteiger partial charge < -0.3 is 14.6 Å². The molecule has 1 saturated carbocycles. The normalized spacial score (nSPS) is 57.2. The van der Waals surface area contributed by atoms with Crippen molar-refractivity contribution in [3.8, 4) is 0 Å². The van der Waals surface area contributed by atoms with Gasteiger partial charge in [-0.3, -0.25) is 0 Å². The minimum absolute atomic E-state index is 0.0836. The van der Waals surface area contributed by atoms with Crippen molar-refractivity contribution < 1.29 is 14.6 Å². The van der Waals surface area contributed by atoms with Crippen LogP contribution < -0.4 is 0 Å². The lowest BCUT2D eigenvalue weighted by Gasteiger charge is -2.14. The van der Waals surface area contributed by atoms with E-state index in [-0.39, 0.29) is 18.3 Å². The molecule has 1 N–H and O–H groups in total. The van der Waals surface area contributed by atoms with Gasteiger partial charge in [-0.05, 0) is 19.3 Å². The van der Waals surface area contributed by atoms with Crippen LogP contribution in [-0.4, -0.2) is 36.1 Å². The fourth-order valence-corrected chi connectivity index (χ4v) is 2.86. The highest BCUT2D eigenvalue weighted by molar-refractivity contribution is 5.01. The standard InChI is InChI=1S/C9H14O3/c10-6-2-1-5-8(6)12-7-3-4-11-9(5)7/h5-10H,1-4H2. The minimum atomic E-state index is -0.232. The highest BCUT2D eigenvalue weighted by Crippen LogP contribution is 2.44. The molecule has 3 rings (SSSR count). The van der Waals surface area contributed by atoms with Crippen LogP contribution in [0.2, 0.25) is 0 Å². The maximum Gasteiger partial charge on any atom is 0.0892 e. The third-order valence-corrected chi connectivity index (χ3v) is 3.43. The van der Waals surface area contributed by atoms with E-state index in [2.05, 4.69) is 0 Å². The summed E-state index contributed by atoms with van der Waals surface area (Å²) in [4.78, 5) is 0. The van der Waals surface area contributed by atoms with Gasteiger partial charge in [0.2, 0.25) is 0 Å². The van der Waals surface area contributed by atoms with Gasteiger partial charge >= 0.3 is 0 Å². The Morgan fingerprint density at radius 2 is 2.00 bits per heavy atom. The Hall–Kier alpha value is -0.120. The Morgan fingerprint density at radius 1 is 1.08 bits per heavy atom. The maximum atomic E-state index is 9.57. The SMILES string of the molecule is OC1CCC2C1OC1CCOC12. The van der Waals surface area contributed by atoms with Crippen molar-refractivity contribution >= 4 is 0 Å². The lowest BCUT2D eigenvalue weighted by molar-refractivity contribution is -0.0270. The van der Waals surface area contributed by atoms with Gasteiger partial charge in [-0.2, -0.15) is 0 Å². The first kappa shape index (κ1) is 7.30. The molecule has 0 amide bonds. The average molecular weight is 170 g/mol. The van der Waals surface area contributed by atoms with Gasteiger partial charge in [0.05, 0.1) is 24.4 Å². The highest BCUT2D eigenvalue weighted by Gasteiger charge is 2.52. The van der Waals surface area contributed by atoms with Crippen LogP contribution in [0.25, 0.3) is 0 Å². The summed E-state index contributed by atoms with van der Waals surface area (Å²) in [5, 5.41) is 9.57. The highest BCUT2D eigenvalue weighted by atomic mass is 16.6. The third kappa shape index (κ3) is 0.817. The molecular formula is C9H14O3. The van der Waals surface area contributed by atoms with Gasteiger partial charge in [-0.1, -0.05) is 0 Å². The molecule has 0 spiro atoms. The Balaban J connectivity index is 1.83. The molecule has 3 fully saturated rings. The molecule has 0 radical (unpaired) electrons. The molecule has 0 aromatic rings. The molecule has 2 saturated heterocycles. The van der Waals surface area contributed by atoms with E-state index in [4.69, 9.17) is 9.47 Å². The zero-order valence-corrected chi connectivity index (χ0v) is 6.98. The van der Waals surface area contributed by atoms with E-state index in [1.165, 1.54) is 0 Å². The van der Waals surface area contributed by atoms with Crippen molar-refractivity contribution in [1.29, 1.82) is 0 Å². The molecule has 2 aliphatic heterocycles. The number of fused-ring (bicyclic) bond motifs is 3. The second-order valence-electron chi connectivity index (χ2n) is 4.07. The van der Waals surface area contributed by atoms with Crippen molar-refractivity contribution in [2.24, 2.45) is 5.92 Å². The molecule has 5 unspecified atom stereocenters. The molecule has 0 bridgehead atoms. The largest absolute Gasteiger partial charge is 0.390 e. The predicted molar refractivity (Wildman–Crippen MR) is 41.7 cm³/mol. The molecule has 3 nitrogen and oxygen atoms in total. The summed E-state index contributed by atoms with van der Waals surface area (Å²) < 4.78 is 11.3. The van der Waals surface area contributed by atoms with Crippen LogP contribution in [0.3, 0.4) is 0 Å². The molecule has 3 aliphatic rings. The number of hydrogen-bond acceptors (Lipinski definition) is 3. The summed E-state index contributed by atoms with van der Waals surface area (Å²) in [7, 11) is 0. The van der Waals surface area contributed by atoms with Crippen LogP contribution in [0.15, 0.2) is 0 Å². The first-order valence-corrected chi connectivity index (χ1v) is 4.81. The summed E-state index contributed by atoms with van der Waals surface area (Å²) in [6, 6.07) is 0. The zero-order valence-electron chi connectivity index (χ0n) is 6.98. The van der Waals surface area contributed by atoms with Crippen LogP contribution in [0.1, 0.15) is 19.3 Å². The van der Waals surface area contributed by atoms with Gasteiger partial charge in [0.15, 0.2) is 0 Å². The molecule has 3 heteroatoms. The first-order chi connectivity index (χ1) is 5.86. The fourth-order valence-electron chi connectivity index (χ4n) is 2.86. The lowest BCUT2D eigenvalue weighted by Crippen LogP contribution is -2.26. The average Bonchev–Trinajstić information content (AvgIpc) is 2.63. The second-order valence-corrected chi connectivity index (χ2v) is 4.07. The molecule has 5 atom stereocenters. The Morgan fingerprint density at radius 3 is 2.92 bits per heavy atom. The van der Waals surface area contributed by atoms with Crippen molar-refractivity contribution in [2.75, 3.05) is 6.61 Å². The molecule has 12 heavy (non-hydrogen) atoms. The number of ether oxygens (including phenoxy) is 2.